The Labute approximate surface area is 136 Å². The summed E-state index contributed by atoms with van der Waals surface area (Å²) in [5.41, 5.74) is 0. The van der Waals surface area contributed by atoms with Crippen LogP contribution in [0.5, 0.6) is 0 Å². The summed E-state index contributed by atoms with van der Waals surface area (Å²) in [7, 11) is 3.34. The Balaban J connectivity index is 2.10. The van der Waals surface area contributed by atoms with E-state index in [-0.39, 0.29) is 18.0 Å². The lowest BCUT2D eigenvalue weighted by Crippen LogP contribution is -2.52. The predicted molar refractivity (Wildman–Crippen MR) is 85.9 cm³/mol. The van der Waals surface area contributed by atoms with E-state index < -0.39 is 6.04 Å². The number of nitrogens with zero attached hydrogens (tertiary/aromatic N) is 5. The number of amides is 3. The van der Waals surface area contributed by atoms with Gasteiger partial charge < -0.3 is 19.7 Å². The highest BCUT2D eigenvalue weighted by Gasteiger charge is 2.32. The van der Waals surface area contributed by atoms with Crippen molar-refractivity contribution in [3.63, 3.8) is 0 Å². The number of rotatable bonds is 3. The summed E-state index contributed by atoms with van der Waals surface area (Å²) < 4.78 is 2.09. The van der Waals surface area contributed by atoms with E-state index in [1.54, 1.807) is 25.9 Å². The number of carbonyl (C=O) groups is 2. The maximum absolute atomic E-state index is 12.5. The third-order valence-electron chi connectivity index (χ3n) is 4.14. The zero-order valence-corrected chi connectivity index (χ0v) is 14.7. The van der Waals surface area contributed by atoms with Crippen molar-refractivity contribution in [3.05, 3.63) is 11.6 Å². The molecule has 0 aliphatic carbocycles. The molecular formula is C15H26N6O2. The van der Waals surface area contributed by atoms with Crippen molar-refractivity contribution in [2.75, 3.05) is 20.6 Å². The molecule has 1 aromatic rings. The van der Waals surface area contributed by atoms with E-state index >= 15 is 0 Å². The van der Waals surface area contributed by atoms with Gasteiger partial charge in [-0.3, -0.25) is 4.79 Å². The molecule has 2 rings (SSSR count). The zero-order chi connectivity index (χ0) is 17.3. The summed E-state index contributed by atoms with van der Waals surface area (Å²) >= 11 is 0. The van der Waals surface area contributed by atoms with Gasteiger partial charge in [0.2, 0.25) is 5.91 Å². The van der Waals surface area contributed by atoms with Gasteiger partial charge in [-0.25, -0.2) is 4.79 Å². The average molecular weight is 322 g/mol. The van der Waals surface area contributed by atoms with Crippen molar-refractivity contribution in [1.82, 2.24) is 29.9 Å². The number of aromatic nitrogens is 3. The normalized spacial score (nSPS) is 18.6. The van der Waals surface area contributed by atoms with Crippen LogP contribution in [-0.4, -0.2) is 63.2 Å². The topological polar surface area (TPSA) is 83.4 Å². The fourth-order valence-corrected chi connectivity index (χ4v) is 2.83. The number of urea groups is 1. The molecule has 2 atom stereocenters. The van der Waals surface area contributed by atoms with E-state index in [1.807, 2.05) is 6.92 Å². The average Bonchev–Trinajstić information content (AvgIpc) is 2.91. The Morgan fingerprint density at radius 1 is 1.22 bits per heavy atom. The Bertz CT molecular complexity index is 595. The van der Waals surface area contributed by atoms with Gasteiger partial charge in [0, 0.05) is 33.1 Å². The maximum Gasteiger partial charge on any atom is 0.318 e. The Morgan fingerprint density at radius 3 is 2.43 bits per heavy atom. The van der Waals surface area contributed by atoms with Crippen LogP contribution in [0, 0.1) is 0 Å². The number of carbonyl (C=O) groups excluding carboxylic acids is 2. The first kappa shape index (κ1) is 17.2. The zero-order valence-electron chi connectivity index (χ0n) is 14.7. The molecule has 0 saturated heterocycles. The van der Waals surface area contributed by atoms with E-state index in [0.717, 1.165) is 11.6 Å². The van der Waals surface area contributed by atoms with E-state index in [4.69, 9.17) is 0 Å². The lowest BCUT2D eigenvalue weighted by Gasteiger charge is -2.34. The molecule has 0 saturated carbocycles. The largest absolute Gasteiger partial charge is 0.347 e. The first-order valence-corrected chi connectivity index (χ1v) is 7.95. The third kappa shape index (κ3) is 3.30. The third-order valence-corrected chi connectivity index (χ3v) is 4.14. The molecule has 0 aromatic carbocycles. The first-order valence-electron chi connectivity index (χ1n) is 7.95. The molecule has 1 unspecified atom stereocenters. The smallest absolute Gasteiger partial charge is 0.318 e. The molecule has 128 valence electrons. The van der Waals surface area contributed by atoms with Gasteiger partial charge in [0.1, 0.15) is 11.9 Å². The van der Waals surface area contributed by atoms with E-state index in [9.17, 15) is 9.59 Å². The van der Waals surface area contributed by atoms with E-state index in [2.05, 4.69) is 33.9 Å². The Kier molecular flexibility index (Phi) is 4.91. The molecule has 8 nitrogen and oxygen atoms in total. The molecule has 1 aliphatic heterocycles. The Hall–Kier alpha value is -2.12. The molecule has 0 bridgehead atoms. The molecule has 0 fully saturated rings. The van der Waals surface area contributed by atoms with Crippen LogP contribution in [-0.2, 0) is 11.3 Å². The van der Waals surface area contributed by atoms with E-state index in [0.29, 0.717) is 19.0 Å². The van der Waals surface area contributed by atoms with Gasteiger partial charge in [0.05, 0.1) is 6.04 Å². The summed E-state index contributed by atoms with van der Waals surface area (Å²) in [5.74, 6) is 1.90. The van der Waals surface area contributed by atoms with Gasteiger partial charge in [-0.05, 0) is 13.8 Å². The summed E-state index contributed by atoms with van der Waals surface area (Å²) in [5, 5.41) is 11.3. The van der Waals surface area contributed by atoms with Gasteiger partial charge in [-0.2, -0.15) is 0 Å². The SMILES string of the molecule is CC(C)c1nnc2n1CCN(C(=O)N[C@@H](C)C(=O)N(C)C)C2C. The molecule has 8 heteroatoms. The lowest BCUT2D eigenvalue weighted by molar-refractivity contribution is -0.130. The molecule has 23 heavy (non-hydrogen) atoms. The van der Waals surface area contributed by atoms with Crippen molar-refractivity contribution < 1.29 is 9.59 Å². The molecular weight excluding hydrogens is 296 g/mol. The van der Waals surface area contributed by atoms with Gasteiger partial charge >= 0.3 is 6.03 Å². The molecule has 2 heterocycles. The summed E-state index contributed by atoms with van der Waals surface area (Å²) in [4.78, 5) is 27.5. The van der Waals surface area contributed by atoms with Gasteiger partial charge in [0.25, 0.3) is 0 Å². The van der Waals surface area contributed by atoms with Crippen LogP contribution in [0.1, 0.15) is 51.3 Å². The minimum absolute atomic E-state index is 0.131. The van der Waals surface area contributed by atoms with Crippen molar-refractivity contribution >= 4 is 11.9 Å². The van der Waals surface area contributed by atoms with Gasteiger partial charge in [0.15, 0.2) is 5.82 Å². The van der Waals surface area contributed by atoms with Gasteiger partial charge in [-0.1, -0.05) is 13.8 Å². The van der Waals surface area contributed by atoms with Crippen LogP contribution in [0.15, 0.2) is 0 Å². The van der Waals surface area contributed by atoms with Crippen LogP contribution in [0.25, 0.3) is 0 Å². The monoisotopic (exact) mass is 322 g/mol. The molecule has 1 aromatic heterocycles. The van der Waals surface area contributed by atoms with Gasteiger partial charge in [-0.15, -0.1) is 10.2 Å². The minimum Gasteiger partial charge on any atom is -0.347 e. The second-order valence-electron chi connectivity index (χ2n) is 6.50. The lowest BCUT2D eigenvalue weighted by atomic mass is 10.1. The second kappa shape index (κ2) is 6.55. The van der Waals surface area contributed by atoms with Crippen molar-refractivity contribution in [2.45, 2.75) is 52.2 Å². The number of fused-ring (bicyclic) bond motifs is 1. The molecule has 1 aliphatic rings. The fourth-order valence-electron chi connectivity index (χ4n) is 2.83. The fraction of sp³-hybridized carbons (Fsp3) is 0.733. The van der Waals surface area contributed by atoms with Crippen LogP contribution in [0.3, 0.4) is 0 Å². The minimum atomic E-state index is -0.560. The van der Waals surface area contributed by atoms with Crippen molar-refractivity contribution in [1.29, 1.82) is 0 Å². The van der Waals surface area contributed by atoms with E-state index in [1.165, 1.54) is 4.90 Å². The number of hydrogen-bond donors (Lipinski definition) is 1. The summed E-state index contributed by atoms with van der Waals surface area (Å²) in [6, 6.07) is -0.985. The Morgan fingerprint density at radius 2 is 1.87 bits per heavy atom. The van der Waals surface area contributed by atoms with Crippen molar-refractivity contribution in [2.24, 2.45) is 0 Å². The number of nitrogens with one attached hydrogen (secondary N) is 1. The highest BCUT2D eigenvalue weighted by atomic mass is 16.2. The standard InChI is InChI=1S/C15H26N6O2/c1-9(2)12-17-18-13-11(4)20(7-8-21(12)13)15(23)16-10(3)14(22)19(5)6/h9-11H,7-8H2,1-6H3,(H,16,23)/t10-,11?/m0/s1. The molecule has 0 radical (unpaired) electrons. The number of likely N-dealkylation sites (N-methyl/N-ethyl adjacent to an activating group) is 1. The summed E-state index contributed by atoms with van der Waals surface area (Å²) in [6.07, 6.45) is 0. The highest BCUT2D eigenvalue weighted by molar-refractivity contribution is 5.86. The van der Waals surface area contributed by atoms with Crippen molar-refractivity contribution in [3.8, 4) is 0 Å². The quantitative estimate of drug-likeness (QED) is 0.898. The second-order valence-corrected chi connectivity index (χ2v) is 6.50. The molecule has 0 spiro atoms. The van der Waals surface area contributed by atoms with Crippen LogP contribution in [0.4, 0.5) is 4.79 Å². The predicted octanol–water partition coefficient (Wildman–Crippen LogP) is 0.964. The van der Waals surface area contributed by atoms with Crippen LogP contribution < -0.4 is 5.32 Å². The molecule has 3 amide bonds. The van der Waals surface area contributed by atoms with Crippen LogP contribution >= 0.6 is 0 Å². The molecule has 1 N–H and O–H groups in total. The summed E-state index contributed by atoms with van der Waals surface area (Å²) in [6.45, 7) is 9.02. The highest BCUT2D eigenvalue weighted by Crippen LogP contribution is 2.26. The van der Waals surface area contributed by atoms with Crippen LogP contribution in [0.2, 0.25) is 0 Å². The maximum atomic E-state index is 12.5. The number of hydrogen-bond acceptors (Lipinski definition) is 4. The first-order chi connectivity index (χ1) is 10.7.